The predicted octanol–water partition coefficient (Wildman–Crippen LogP) is 3.01. The van der Waals surface area contributed by atoms with E-state index in [0.717, 1.165) is 35.4 Å². The van der Waals surface area contributed by atoms with Gasteiger partial charge in [-0.15, -0.1) is 0 Å². The van der Waals surface area contributed by atoms with Crippen LogP contribution in [-0.4, -0.2) is 24.5 Å². The first-order valence-electron chi connectivity index (χ1n) is 7.49. The number of nitrogens with zero attached hydrogens (tertiary/aromatic N) is 1. The Morgan fingerprint density at radius 3 is 2.20 bits per heavy atom. The maximum absolute atomic E-state index is 12.5. The van der Waals surface area contributed by atoms with Gasteiger partial charge in [0, 0.05) is 17.8 Å². The summed E-state index contributed by atoms with van der Waals surface area (Å²) in [7, 11) is -3.95. The summed E-state index contributed by atoms with van der Waals surface area (Å²) in [6, 6.07) is 9.76. The zero-order chi connectivity index (χ0) is 18.8. The maximum atomic E-state index is 12.5. The van der Waals surface area contributed by atoms with Gasteiger partial charge in [0.15, 0.2) is 9.84 Å². The second-order valence-corrected chi connectivity index (χ2v) is 8.00. The fraction of sp³-hybridized carbons (Fsp3) is 0.235. The number of nitrogens with one attached hydrogen (secondary N) is 1. The van der Waals surface area contributed by atoms with Crippen molar-refractivity contribution in [2.24, 2.45) is 0 Å². The van der Waals surface area contributed by atoms with E-state index < -0.39 is 25.9 Å². The van der Waals surface area contributed by atoms with Crippen LogP contribution in [0.1, 0.15) is 18.1 Å². The molecule has 0 bridgehead atoms. The van der Waals surface area contributed by atoms with Crippen LogP contribution in [0.3, 0.4) is 0 Å². The molecule has 25 heavy (non-hydrogen) atoms. The van der Waals surface area contributed by atoms with Crippen LogP contribution in [0.15, 0.2) is 47.4 Å². The SMILES string of the molecule is Cc1ccc(NC(=O)[C@H](C)S(=O)(=O)c2ccc([N+](=O)[O-])cc2)cc1C. The minimum absolute atomic E-state index is 0.138. The number of rotatable bonds is 5. The molecule has 2 rings (SSSR count). The van der Waals surface area contributed by atoms with Gasteiger partial charge in [-0.05, 0) is 56.2 Å². The third kappa shape index (κ3) is 4.03. The molecule has 0 aliphatic rings. The lowest BCUT2D eigenvalue weighted by Crippen LogP contribution is -2.32. The molecule has 1 atom stereocenters. The largest absolute Gasteiger partial charge is 0.325 e. The highest BCUT2D eigenvalue weighted by atomic mass is 32.2. The Morgan fingerprint density at radius 1 is 1.08 bits per heavy atom. The molecule has 0 spiro atoms. The van der Waals surface area contributed by atoms with E-state index in [-0.39, 0.29) is 10.6 Å². The smallest absolute Gasteiger partial charge is 0.269 e. The van der Waals surface area contributed by atoms with Gasteiger partial charge >= 0.3 is 0 Å². The van der Waals surface area contributed by atoms with Crippen molar-refractivity contribution in [2.45, 2.75) is 30.9 Å². The lowest BCUT2D eigenvalue weighted by atomic mass is 10.1. The van der Waals surface area contributed by atoms with Crippen LogP contribution in [0.25, 0.3) is 0 Å². The van der Waals surface area contributed by atoms with E-state index in [9.17, 15) is 23.3 Å². The fourth-order valence-corrected chi connectivity index (χ4v) is 3.43. The van der Waals surface area contributed by atoms with E-state index in [1.807, 2.05) is 19.9 Å². The van der Waals surface area contributed by atoms with E-state index in [1.54, 1.807) is 12.1 Å². The molecule has 0 saturated heterocycles. The minimum atomic E-state index is -3.95. The molecule has 0 aliphatic heterocycles. The number of sulfone groups is 1. The number of nitro groups is 1. The van der Waals surface area contributed by atoms with Crippen LogP contribution >= 0.6 is 0 Å². The highest BCUT2D eigenvalue weighted by Gasteiger charge is 2.30. The molecule has 0 fully saturated rings. The van der Waals surface area contributed by atoms with Gasteiger partial charge in [-0.25, -0.2) is 8.42 Å². The second-order valence-electron chi connectivity index (χ2n) is 5.73. The molecule has 8 heteroatoms. The van der Waals surface area contributed by atoms with Crippen molar-refractivity contribution in [3.63, 3.8) is 0 Å². The Morgan fingerprint density at radius 2 is 1.68 bits per heavy atom. The maximum Gasteiger partial charge on any atom is 0.269 e. The van der Waals surface area contributed by atoms with Crippen molar-refractivity contribution in [3.8, 4) is 0 Å². The third-order valence-corrected chi connectivity index (χ3v) is 6.06. The zero-order valence-corrected chi connectivity index (χ0v) is 14.8. The normalized spacial score (nSPS) is 12.4. The van der Waals surface area contributed by atoms with E-state index in [2.05, 4.69) is 5.32 Å². The average molecular weight is 362 g/mol. The summed E-state index contributed by atoms with van der Waals surface area (Å²) >= 11 is 0. The van der Waals surface area contributed by atoms with Crippen molar-refractivity contribution in [3.05, 3.63) is 63.7 Å². The number of carbonyl (C=O) groups excluding carboxylic acids is 1. The Balaban J connectivity index is 2.21. The van der Waals surface area contributed by atoms with Crippen molar-refractivity contribution in [1.82, 2.24) is 0 Å². The first-order valence-corrected chi connectivity index (χ1v) is 9.04. The monoisotopic (exact) mass is 362 g/mol. The zero-order valence-electron chi connectivity index (χ0n) is 14.0. The van der Waals surface area contributed by atoms with Crippen molar-refractivity contribution < 1.29 is 18.1 Å². The summed E-state index contributed by atoms with van der Waals surface area (Å²) in [5.41, 5.74) is 2.33. The summed E-state index contributed by atoms with van der Waals surface area (Å²) in [6.07, 6.45) is 0. The Bertz CT molecular complexity index is 921. The van der Waals surface area contributed by atoms with E-state index in [4.69, 9.17) is 0 Å². The molecule has 0 radical (unpaired) electrons. The summed E-state index contributed by atoms with van der Waals surface area (Å²) in [5, 5.41) is 11.9. The topological polar surface area (TPSA) is 106 Å². The Hall–Kier alpha value is -2.74. The number of hydrogen-bond acceptors (Lipinski definition) is 5. The molecule has 0 heterocycles. The average Bonchev–Trinajstić information content (AvgIpc) is 2.57. The predicted molar refractivity (Wildman–Crippen MR) is 94.3 cm³/mol. The van der Waals surface area contributed by atoms with Crippen LogP contribution in [0, 0.1) is 24.0 Å². The lowest BCUT2D eigenvalue weighted by Gasteiger charge is -2.14. The number of carbonyl (C=O) groups is 1. The number of nitro benzene ring substituents is 1. The lowest BCUT2D eigenvalue weighted by molar-refractivity contribution is -0.384. The third-order valence-electron chi connectivity index (χ3n) is 3.99. The molecule has 0 aliphatic carbocycles. The Kier molecular flexibility index (Phi) is 5.22. The molecular formula is C17H18N2O5S. The first kappa shape index (κ1) is 18.6. The van der Waals surface area contributed by atoms with E-state index >= 15 is 0 Å². The van der Waals surface area contributed by atoms with Crippen molar-refractivity contribution in [1.29, 1.82) is 0 Å². The van der Waals surface area contributed by atoms with Crippen LogP contribution < -0.4 is 5.32 Å². The number of non-ortho nitro benzene ring substituents is 1. The highest BCUT2D eigenvalue weighted by Crippen LogP contribution is 2.21. The van der Waals surface area contributed by atoms with Gasteiger partial charge in [0.2, 0.25) is 5.91 Å². The van der Waals surface area contributed by atoms with Gasteiger partial charge in [0.05, 0.1) is 9.82 Å². The van der Waals surface area contributed by atoms with Gasteiger partial charge < -0.3 is 5.32 Å². The Labute approximate surface area is 145 Å². The minimum Gasteiger partial charge on any atom is -0.325 e. The molecule has 1 N–H and O–H groups in total. The van der Waals surface area contributed by atoms with Crippen LogP contribution in [0.2, 0.25) is 0 Å². The highest BCUT2D eigenvalue weighted by molar-refractivity contribution is 7.92. The summed E-state index contributed by atoms with van der Waals surface area (Å²) in [5.74, 6) is -0.665. The van der Waals surface area contributed by atoms with Gasteiger partial charge in [-0.2, -0.15) is 0 Å². The second kappa shape index (κ2) is 7.02. The van der Waals surface area contributed by atoms with E-state index in [1.165, 1.54) is 6.92 Å². The number of amides is 1. The molecule has 7 nitrogen and oxygen atoms in total. The van der Waals surface area contributed by atoms with Crippen LogP contribution in [0.5, 0.6) is 0 Å². The molecule has 0 aromatic heterocycles. The van der Waals surface area contributed by atoms with Crippen molar-refractivity contribution >= 4 is 27.1 Å². The standard InChI is InChI=1S/C17H18N2O5S/c1-11-4-5-14(10-12(11)2)18-17(20)13(3)25(23,24)16-8-6-15(7-9-16)19(21)22/h4-10,13H,1-3H3,(H,18,20)/t13-/m0/s1. The summed E-state index contributed by atoms with van der Waals surface area (Å²) in [4.78, 5) is 22.2. The number of benzene rings is 2. The molecule has 2 aromatic rings. The fourth-order valence-electron chi connectivity index (χ4n) is 2.17. The molecule has 1 amide bonds. The molecule has 0 saturated carbocycles. The first-order chi connectivity index (χ1) is 11.6. The molecule has 2 aromatic carbocycles. The van der Waals surface area contributed by atoms with Crippen LogP contribution in [-0.2, 0) is 14.6 Å². The van der Waals surface area contributed by atoms with E-state index in [0.29, 0.717) is 5.69 Å². The number of anilines is 1. The van der Waals surface area contributed by atoms with Gasteiger partial charge in [-0.3, -0.25) is 14.9 Å². The summed E-state index contributed by atoms with van der Waals surface area (Å²) in [6.45, 7) is 5.11. The van der Waals surface area contributed by atoms with Gasteiger partial charge in [0.1, 0.15) is 5.25 Å². The molecule has 132 valence electrons. The molecular weight excluding hydrogens is 344 g/mol. The number of hydrogen-bond donors (Lipinski definition) is 1. The number of aryl methyl sites for hydroxylation is 2. The van der Waals surface area contributed by atoms with Crippen molar-refractivity contribution in [2.75, 3.05) is 5.32 Å². The quantitative estimate of drug-likeness (QED) is 0.650. The van der Waals surface area contributed by atoms with Crippen LogP contribution in [0.4, 0.5) is 11.4 Å². The van der Waals surface area contributed by atoms with Gasteiger partial charge in [0.25, 0.3) is 5.69 Å². The van der Waals surface area contributed by atoms with Gasteiger partial charge in [-0.1, -0.05) is 6.07 Å². The summed E-state index contributed by atoms with van der Waals surface area (Å²) < 4.78 is 25.1. The molecule has 0 unspecified atom stereocenters.